The lowest BCUT2D eigenvalue weighted by Crippen LogP contribution is -2.32. The van der Waals surface area contributed by atoms with E-state index >= 15 is 0 Å². The van der Waals surface area contributed by atoms with Crippen molar-refractivity contribution < 1.29 is 0 Å². The van der Waals surface area contributed by atoms with Gasteiger partial charge >= 0.3 is 0 Å². The number of anilines is 8. The van der Waals surface area contributed by atoms with Crippen LogP contribution in [0.25, 0.3) is 0 Å². The number of hydrogen-bond acceptors (Lipinski definition) is 6. The third kappa shape index (κ3) is 16.1. The molecule has 0 spiro atoms. The van der Waals surface area contributed by atoms with Gasteiger partial charge in [0, 0.05) is 104 Å². The molecule has 0 radical (unpaired) electrons. The van der Waals surface area contributed by atoms with Gasteiger partial charge in [-0.25, -0.2) is 0 Å². The van der Waals surface area contributed by atoms with Crippen molar-refractivity contribution in [1.82, 2.24) is 4.90 Å². The van der Waals surface area contributed by atoms with E-state index in [0.717, 1.165) is 58.8 Å². The molecule has 0 heterocycles. The van der Waals surface area contributed by atoms with Gasteiger partial charge in [-0.1, -0.05) is 119 Å². The predicted molar refractivity (Wildman–Crippen MR) is 303 cm³/mol. The molecular weight excluding hydrogens is 829 g/mol. The van der Waals surface area contributed by atoms with Crippen molar-refractivity contribution in [2.24, 2.45) is 0 Å². The summed E-state index contributed by atoms with van der Waals surface area (Å²) in [6.07, 6.45) is 27.8. The summed E-state index contributed by atoms with van der Waals surface area (Å²) in [7, 11) is 0. The molecule has 0 saturated carbocycles. The fourth-order valence-corrected chi connectivity index (χ4v) is 9.49. The lowest BCUT2D eigenvalue weighted by Gasteiger charge is -2.36. The SMILES string of the molecule is CCCCN(CCCC)C1=CCC(N(c2ccc(N(CCCC)CCCC)cc2)c2ccc(N(c3ccc(N(CCCC)CCCC)cc3)c3ccc(N(CCCC)CCCC)cc3)cc2)C=C1. The fourth-order valence-electron chi connectivity index (χ4n) is 9.49. The average Bonchev–Trinajstić information content (AvgIpc) is 3.38. The summed E-state index contributed by atoms with van der Waals surface area (Å²) < 4.78 is 0. The van der Waals surface area contributed by atoms with Crippen LogP contribution < -0.4 is 24.5 Å². The molecule has 0 aromatic heterocycles. The predicted octanol–water partition coefficient (Wildman–Crippen LogP) is 17.6. The molecule has 0 N–H and O–H groups in total. The highest BCUT2D eigenvalue weighted by atomic mass is 15.2. The summed E-state index contributed by atoms with van der Waals surface area (Å²) in [5.74, 6) is 0. The number of benzene rings is 4. The zero-order chi connectivity index (χ0) is 48.4. The van der Waals surface area contributed by atoms with E-state index in [4.69, 9.17) is 0 Å². The van der Waals surface area contributed by atoms with E-state index in [1.165, 1.54) is 154 Å². The van der Waals surface area contributed by atoms with Gasteiger partial charge < -0.3 is 29.4 Å². The fraction of sp³-hybridized carbons (Fsp3) is 0.548. The first-order chi connectivity index (χ1) is 33.4. The van der Waals surface area contributed by atoms with Gasteiger partial charge in [-0.3, -0.25) is 0 Å². The molecule has 0 fully saturated rings. The quantitative estimate of drug-likeness (QED) is 0.0462. The maximum atomic E-state index is 2.63. The van der Waals surface area contributed by atoms with Gasteiger partial charge in [0.25, 0.3) is 0 Å². The Morgan fingerprint density at radius 3 is 0.824 bits per heavy atom. The Morgan fingerprint density at radius 2 is 0.574 bits per heavy atom. The minimum atomic E-state index is 0.203. The highest BCUT2D eigenvalue weighted by Gasteiger charge is 2.23. The first kappa shape index (κ1) is 54.1. The van der Waals surface area contributed by atoms with Crippen LogP contribution in [-0.4, -0.2) is 63.3 Å². The number of rotatable bonds is 34. The zero-order valence-corrected chi connectivity index (χ0v) is 44.4. The van der Waals surface area contributed by atoms with Crippen LogP contribution in [0.3, 0.4) is 0 Å². The molecule has 4 aromatic rings. The third-order valence-electron chi connectivity index (χ3n) is 13.8. The first-order valence-corrected chi connectivity index (χ1v) is 27.8. The Labute approximate surface area is 417 Å². The van der Waals surface area contributed by atoms with Crippen LogP contribution in [-0.2, 0) is 0 Å². The minimum absolute atomic E-state index is 0.203. The average molecular weight is 923 g/mol. The molecule has 0 bridgehead atoms. The Bertz CT molecular complexity index is 1890. The van der Waals surface area contributed by atoms with Crippen LogP contribution in [0.5, 0.6) is 0 Å². The molecule has 6 nitrogen and oxygen atoms in total. The van der Waals surface area contributed by atoms with Crippen molar-refractivity contribution in [3.05, 3.63) is 121 Å². The molecule has 1 atom stereocenters. The maximum Gasteiger partial charge on any atom is 0.0561 e. The second-order valence-corrected chi connectivity index (χ2v) is 19.3. The number of unbranched alkanes of at least 4 members (excludes halogenated alkanes) is 8. The molecule has 0 aliphatic heterocycles. The van der Waals surface area contributed by atoms with Crippen LogP contribution in [0.15, 0.2) is 121 Å². The summed E-state index contributed by atoms with van der Waals surface area (Å²) >= 11 is 0. The van der Waals surface area contributed by atoms with Crippen molar-refractivity contribution in [1.29, 1.82) is 0 Å². The molecule has 0 saturated heterocycles. The van der Waals surface area contributed by atoms with Gasteiger partial charge in [-0.15, -0.1) is 0 Å². The van der Waals surface area contributed by atoms with E-state index in [-0.39, 0.29) is 6.04 Å². The van der Waals surface area contributed by atoms with Crippen molar-refractivity contribution in [3.63, 3.8) is 0 Å². The molecule has 1 unspecified atom stereocenters. The van der Waals surface area contributed by atoms with E-state index in [1.54, 1.807) is 0 Å². The van der Waals surface area contributed by atoms with Gasteiger partial charge in [0.15, 0.2) is 0 Å². The van der Waals surface area contributed by atoms with Crippen molar-refractivity contribution in [3.8, 4) is 0 Å². The van der Waals surface area contributed by atoms with E-state index in [2.05, 4.69) is 200 Å². The van der Waals surface area contributed by atoms with Gasteiger partial charge in [-0.2, -0.15) is 0 Å². The van der Waals surface area contributed by atoms with Gasteiger partial charge in [-0.05, 0) is 161 Å². The summed E-state index contributed by atoms with van der Waals surface area (Å²) in [6, 6.07) is 37.9. The van der Waals surface area contributed by atoms with E-state index < -0.39 is 0 Å². The normalized spacial score (nSPS) is 13.4. The first-order valence-electron chi connectivity index (χ1n) is 27.8. The monoisotopic (exact) mass is 923 g/mol. The molecule has 1 aliphatic rings. The minimum Gasteiger partial charge on any atom is -0.372 e. The van der Waals surface area contributed by atoms with E-state index in [9.17, 15) is 0 Å². The van der Waals surface area contributed by atoms with Crippen LogP contribution in [0.4, 0.5) is 45.5 Å². The molecule has 4 aromatic carbocycles. The van der Waals surface area contributed by atoms with Gasteiger partial charge in [0.1, 0.15) is 0 Å². The zero-order valence-electron chi connectivity index (χ0n) is 44.4. The molecule has 68 heavy (non-hydrogen) atoms. The van der Waals surface area contributed by atoms with Crippen molar-refractivity contribution in [2.45, 2.75) is 171 Å². The topological polar surface area (TPSA) is 19.4 Å². The second kappa shape index (κ2) is 30.6. The molecule has 372 valence electrons. The van der Waals surface area contributed by atoms with Crippen LogP contribution >= 0.6 is 0 Å². The van der Waals surface area contributed by atoms with Crippen LogP contribution in [0.2, 0.25) is 0 Å². The largest absolute Gasteiger partial charge is 0.372 e. The Morgan fingerprint density at radius 1 is 0.324 bits per heavy atom. The lowest BCUT2D eigenvalue weighted by molar-refractivity contribution is 0.338. The Balaban J connectivity index is 1.55. The number of allylic oxidation sites excluding steroid dienone is 1. The summed E-state index contributed by atoms with van der Waals surface area (Å²) in [6.45, 7) is 27.3. The highest BCUT2D eigenvalue weighted by molar-refractivity contribution is 5.80. The smallest absolute Gasteiger partial charge is 0.0561 e. The van der Waals surface area contributed by atoms with Gasteiger partial charge in [0.05, 0.1) is 6.04 Å². The summed E-state index contributed by atoms with van der Waals surface area (Å²) in [4.78, 5) is 15.4. The van der Waals surface area contributed by atoms with Crippen molar-refractivity contribution in [2.75, 3.05) is 76.9 Å². The Hall–Kier alpha value is -4.84. The Kier molecular flexibility index (Phi) is 24.4. The molecular formula is C62H94N6. The highest BCUT2D eigenvalue weighted by Crippen LogP contribution is 2.40. The van der Waals surface area contributed by atoms with Crippen LogP contribution in [0, 0.1) is 0 Å². The molecule has 5 rings (SSSR count). The van der Waals surface area contributed by atoms with E-state index in [1.807, 2.05) is 0 Å². The summed E-state index contributed by atoms with van der Waals surface area (Å²) in [5, 5.41) is 0. The second-order valence-electron chi connectivity index (χ2n) is 19.3. The van der Waals surface area contributed by atoms with Crippen molar-refractivity contribution >= 4 is 45.5 Å². The maximum absolute atomic E-state index is 2.63. The molecule has 0 amide bonds. The standard InChI is InChI=1S/C62H94N6/c1-9-17-45-63(46-18-10-2)53-25-33-57(34-26-53)67(58-35-27-54(28-36-58)64(47-19-11-3)48-20-12-4)61-41-43-62(44-42-61)68(59-37-29-55(30-38-59)65(49-21-13-5)50-22-14-6)60-39-31-56(32-40-60)66(51-23-15-7)52-24-16-8/h25-39,41-44,60H,9-24,40,45-52H2,1-8H3. The third-order valence-corrected chi connectivity index (χ3v) is 13.8. The lowest BCUT2D eigenvalue weighted by atomic mass is 10.0. The van der Waals surface area contributed by atoms with Crippen LogP contribution in [0.1, 0.15) is 165 Å². The summed E-state index contributed by atoms with van der Waals surface area (Å²) in [5.41, 5.74) is 11.3. The van der Waals surface area contributed by atoms with E-state index in [0.29, 0.717) is 0 Å². The van der Waals surface area contributed by atoms with Gasteiger partial charge in [0.2, 0.25) is 0 Å². The number of hydrogen-bond donors (Lipinski definition) is 0. The number of nitrogens with zero attached hydrogens (tertiary/aromatic N) is 6. The molecule has 6 heteroatoms. The molecule has 1 aliphatic carbocycles.